The highest BCUT2D eigenvalue weighted by Gasteiger charge is 2.33. The van der Waals surface area contributed by atoms with Crippen molar-refractivity contribution in [1.29, 1.82) is 0 Å². The molecule has 0 radical (unpaired) electrons. The number of hydrogen-bond acceptors (Lipinski definition) is 2. The van der Waals surface area contributed by atoms with E-state index in [1.54, 1.807) is 18.2 Å². The lowest BCUT2D eigenvalue weighted by Gasteiger charge is -2.11. The third-order valence-corrected chi connectivity index (χ3v) is 5.69. The number of rotatable bonds is 1. The van der Waals surface area contributed by atoms with Crippen LogP contribution in [0.25, 0.3) is 57.5 Å². The van der Waals surface area contributed by atoms with Crippen molar-refractivity contribution >= 4 is 46.4 Å². The number of alkyl halides is 3. The Morgan fingerprint density at radius 2 is 1.18 bits per heavy atom. The van der Waals surface area contributed by atoms with Gasteiger partial charge in [0.05, 0.1) is 28.3 Å². The van der Waals surface area contributed by atoms with Crippen LogP contribution in [0.3, 0.4) is 0 Å². The number of fused-ring (bicyclic) bond motifs is 8. The minimum atomic E-state index is -4.47. The molecule has 2 N–H and O–H groups in total. The van der Waals surface area contributed by atoms with Crippen LogP contribution in [0.5, 0.6) is 0 Å². The zero-order valence-corrected chi connectivity index (χ0v) is 17.7. The summed E-state index contributed by atoms with van der Waals surface area (Å²) in [7, 11) is 0. The molecule has 0 atom stereocenters. The van der Waals surface area contributed by atoms with Crippen molar-refractivity contribution in [2.24, 2.45) is 0 Å². The maximum Gasteiger partial charge on any atom is 0.417 e. The maximum atomic E-state index is 13.8. The second-order valence-electron chi connectivity index (χ2n) is 8.13. The first-order chi connectivity index (χ1) is 16.4. The molecule has 0 unspecified atom stereocenters. The van der Waals surface area contributed by atoms with Crippen LogP contribution in [0.4, 0.5) is 13.2 Å². The predicted octanol–water partition coefficient (Wildman–Crippen LogP) is 7.34. The summed E-state index contributed by atoms with van der Waals surface area (Å²) in [6, 6.07) is 18.6. The highest BCUT2D eigenvalue weighted by atomic mass is 19.4. The summed E-state index contributed by atoms with van der Waals surface area (Å²) in [6.07, 6.45) is 3.07. The first-order valence-electron chi connectivity index (χ1n) is 10.7. The van der Waals surface area contributed by atoms with Crippen LogP contribution in [0.15, 0.2) is 66.7 Å². The standard InChI is InChI=1S/C27H17F3N4/c28-27(29,30)25-4-2-1-3-23(25)24-14-22-13-20-8-7-18(32-20)11-16-5-6-17(31-16)12-19-9-10-21(33-19)15-26(24)34-22/h1-15,32,34H. The molecule has 0 saturated heterocycles. The molecular weight excluding hydrogens is 437 g/mol. The van der Waals surface area contributed by atoms with Crippen molar-refractivity contribution in [2.75, 3.05) is 0 Å². The molecule has 8 bridgehead atoms. The fraction of sp³-hybridized carbons (Fsp3) is 0.0370. The molecule has 34 heavy (non-hydrogen) atoms. The minimum Gasteiger partial charge on any atom is -0.355 e. The van der Waals surface area contributed by atoms with Gasteiger partial charge < -0.3 is 9.97 Å². The topological polar surface area (TPSA) is 57.4 Å². The fourth-order valence-corrected chi connectivity index (χ4v) is 4.21. The second-order valence-corrected chi connectivity index (χ2v) is 8.13. The molecule has 0 spiro atoms. The number of aromatic nitrogens is 4. The molecule has 5 heterocycles. The highest BCUT2D eigenvalue weighted by molar-refractivity contribution is 5.89. The van der Waals surface area contributed by atoms with Crippen LogP contribution in [-0.2, 0) is 6.18 Å². The van der Waals surface area contributed by atoms with E-state index in [-0.39, 0.29) is 5.56 Å². The van der Waals surface area contributed by atoms with E-state index < -0.39 is 11.7 Å². The molecule has 2 aliphatic heterocycles. The van der Waals surface area contributed by atoms with Crippen molar-refractivity contribution in [1.82, 2.24) is 19.9 Å². The van der Waals surface area contributed by atoms with Crippen LogP contribution in [-0.4, -0.2) is 19.9 Å². The number of hydrogen-bond donors (Lipinski definition) is 2. The lowest BCUT2D eigenvalue weighted by Crippen LogP contribution is -2.06. The number of nitrogens with one attached hydrogen (secondary N) is 2. The molecule has 4 aromatic rings. The van der Waals surface area contributed by atoms with E-state index in [0.29, 0.717) is 22.3 Å². The summed E-state index contributed by atoms with van der Waals surface area (Å²) in [5.41, 5.74) is 5.75. The Kier molecular flexibility index (Phi) is 4.52. The molecule has 1 aromatic carbocycles. The zero-order valence-electron chi connectivity index (χ0n) is 17.7. The summed E-state index contributed by atoms with van der Waals surface area (Å²) in [4.78, 5) is 15.8. The van der Waals surface area contributed by atoms with E-state index in [4.69, 9.17) is 0 Å². The molecule has 3 aromatic heterocycles. The minimum absolute atomic E-state index is 0.113. The van der Waals surface area contributed by atoms with E-state index >= 15 is 0 Å². The Morgan fingerprint density at radius 3 is 1.88 bits per heavy atom. The number of aromatic amines is 2. The molecule has 166 valence electrons. The monoisotopic (exact) mass is 454 g/mol. The Morgan fingerprint density at radius 1 is 0.559 bits per heavy atom. The molecule has 0 fully saturated rings. The zero-order chi connectivity index (χ0) is 23.3. The van der Waals surface area contributed by atoms with E-state index in [1.165, 1.54) is 12.1 Å². The van der Waals surface area contributed by atoms with Crippen molar-refractivity contribution in [3.05, 3.63) is 95.1 Å². The van der Waals surface area contributed by atoms with Gasteiger partial charge in [-0.25, -0.2) is 9.97 Å². The van der Waals surface area contributed by atoms with Gasteiger partial charge in [-0.1, -0.05) is 18.2 Å². The molecule has 0 saturated carbocycles. The average molecular weight is 454 g/mol. The maximum absolute atomic E-state index is 13.8. The lowest BCUT2D eigenvalue weighted by molar-refractivity contribution is -0.137. The number of halogens is 3. The third-order valence-electron chi connectivity index (χ3n) is 5.69. The molecular formula is C27H17F3N4. The summed E-state index contributed by atoms with van der Waals surface area (Å²) >= 11 is 0. The lowest BCUT2D eigenvalue weighted by atomic mass is 10.00. The van der Waals surface area contributed by atoms with Gasteiger partial charge in [-0.2, -0.15) is 13.2 Å². The van der Waals surface area contributed by atoms with Crippen LogP contribution in [0.1, 0.15) is 28.3 Å². The molecule has 6 rings (SSSR count). The molecule has 2 aliphatic rings. The van der Waals surface area contributed by atoms with Gasteiger partial charge in [0.1, 0.15) is 0 Å². The quantitative estimate of drug-likeness (QED) is 0.273. The summed E-state index contributed by atoms with van der Waals surface area (Å²) in [5.74, 6) is 0. The van der Waals surface area contributed by atoms with Crippen LogP contribution in [0, 0.1) is 0 Å². The van der Waals surface area contributed by atoms with Gasteiger partial charge in [0.15, 0.2) is 0 Å². The van der Waals surface area contributed by atoms with Gasteiger partial charge in [0, 0.05) is 27.6 Å². The molecule has 4 nitrogen and oxygen atoms in total. The number of H-pyrrole nitrogens is 2. The van der Waals surface area contributed by atoms with E-state index in [2.05, 4.69) is 19.9 Å². The molecule has 0 aliphatic carbocycles. The van der Waals surface area contributed by atoms with Gasteiger partial charge in [-0.05, 0) is 78.4 Å². The van der Waals surface area contributed by atoms with Crippen molar-refractivity contribution in [3.8, 4) is 11.1 Å². The largest absolute Gasteiger partial charge is 0.417 e. The summed E-state index contributed by atoms with van der Waals surface area (Å²) in [5, 5.41) is 0. The third kappa shape index (κ3) is 3.81. The molecule has 7 heteroatoms. The van der Waals surface area contributed by atoms with Crippen molar-refractivity contribution in [2.45, 2.75) is 6.18 Å². The Balaban J connectivity index is 1.68. The van der Waals surface area contributed by atoms with E-state index in [0.717, 1.165) is 34.2 Å². The van der Waals surface area contributed by atoms with Crippen molar-refractivity contribution < 1.29 is 13.2 Å². The summed E-state index contributed by atoms with van der Waals surface area (Å²) < 4.78 is 41.4. The van der Waals surface area contributed by atoms with Gasteiger partial charge in [-0.3, -0.25) is 0 Å². The number of nitrogens with zero attached hydrogens (tertiary/aromatic N) is 2. The predicted molar refractivity (Wildman–Crippen MR) is 129 cm³/mol. The van der Waals surface area contributed by atoms with Gasteiger partial charge >= 0.3 is 6.18 Å². The second kappa shape index (κ2) is 7.59. The van der Waals surface area contributed by atoms with Crippen molar-refractivity contribution in [3.63, 3.8) is 0 Å². The Labute approximate surface area is 192 Å². The Bertz CT molecular complexity index is 1650. The first-order valence-corrected chi connectivity index (χ1v) is 10.7. The van der Waals surface area contributed by atoms with Crippen LogP contribution < -0.4 is 0 Å². The fourth-order valence-electron chi connectivity index (χ4n) is 4.21. The SMILES string of the molecule is FC(F)(F)c1ccccc1-c1cc2cc3ccc(cc4nc(cc5nc(cc1[nH]2)C=C5)C=C4)[nH]3. The Hall–Kier alpha value is -4.39. The van der Waals surface area contributed by atoms with E-state index in [1.807, 2.05) is 54.6 Å². The van der Waals surface area contributed by atoms with Crippen LogP contribution in [0.2, 0.25) is 0 Å². The smallest absolute Gasteiger partial charge is 0.355 e. The normalized spacial score (nSPS) is 12.9. The first kappa shape index (κ1) is 20.2. The van der Waals surface area contributed by atoms with Gasteiger partial charge in [-0.15, -0.1) is 0 Å². The van der Waals surface area contributed by atoms with Crippen LogP contribution >= 0.6 is 0 Å². The summed E-state index contributed by atoms with van der Waals surface area (Å²) in [6.45, 7) is 0. The molecule has 0 amide bonds. The van der Waals surface area contributed by atoms with Gasteiger partial charge in [0.25, 0.3) is 0 Å². The average Bonchev–Trinajstić information content (AvgIpc) is 3.58. The van der Waals surface area contributed by atoms with Gasteiger partial charge in [0.2, 0.25) is 0 Å². The number of benzene rings is 1. The highest BCUT2D eigenvalue weighted by Crippen LogP contribution is 2.39. The van der Waals surface area contributed by atoms with E-state index in [9.17, 15) is 13.2 Å².